The van der Waals surface area contributed by atoms with E-state index in [1.54, 1.807) is 24.3 Å². The number of imide groups is 1. The van der Waals surface area contributed by atoms with Crippen molar-refractivity contribution >= 4 is 29.6 Å². The fraction of sp³-hybridized carbons (Fsp3) is 0.308. The van der Waals surface area contributed by atoms with Crippen LogP contribution in [0.2, 0.25) is 5.02 Å². The van der Waals surface area contributed by atoms with Crippen molar-refractivity contribution in [1.82, 2.24) is 20.9 Å². The Kier molecular flexibility index (Phi) is 3.21. The normalized spacial score (nSPS) is 28.4. The molecular weight excluding hydrogens is 296 g/mol. The molecule has 3 rings (SSSR count). The van der Waals surface area contributed by atoms with Crippen LogP contribution in [0.1, 0.15) is 11.6 Å². The monoisotopic (exact) mass is 308 g/mol. The van der Waals surface area contributed by atoms with Gasteiger partial charge in [-0.1, -0.05) is 23.7 Å². The summed E-state index contributed by atoms with van der Waals surface area (Å²) in [4.78, 5) is 37.0. The maximum absolute atomic E-state index is 12.2. The lowest BCUT2D eigenvalue weighted by Gasteiger charge is -2.45. The van der Waals surface area contributed by atoms with Crippen LogP contribution in [-0.2, 0) is 4.79 Å². The Morgan fingerprint density at radius 1 is 1.19 bits per heavy atom. The number of hydrogen-bond donors (Lipinski definition) is 3. The first-order valence-corrected chi connectivity index (χ1v) is 6.75. The molecule has 0 aromatic heterocycles. The van der Waals surface area contributed by atoms with Crippen molar-refractivity contribution in [2.24, 2.45) is 5.92 Å². The number of hydrogen-bond acceptors (Lipinski definition) is 3. The van der Waals surface area contributed by atoms with Crippen LogP contribution in [0.15, 0.2) is 24.3 Å². The highest BCUT2D eigenvalue weighted by atomic mass is 35.5. The fourth-order valence-corrected chi connectivity index (χ4v) is 2.90. The first-order valence-electron chi connectivity index (χ1n) is 6.37. The van der Waals surface area contributed by atoms with E-state index in [0.29, 0.717) is 10.6 Å². The predicted octanol–water partition coefficient (Wildman–Crippen LogP) is 0.818. The molecule has 5 amide bonds. The molecule has 2 aliphatic heterocycles. The molecule has 2 heterocycles. The first kappa shape index (κ1) is 13.7. The minimum Gasteiger partial charge on any atom is -0.330 e. The van der Waals surface area contributed by atoms with E-state index in [1.165, 1.54) is 11.9 Å². The van der Waals surface area contributed by atoms with E-state index >= 15 is 0 Å². The van der Waals surface area contributed by atoms with Gasteiger partial charge in [0, 0.05) is 12.1 Å². The van der Waals surface area contributed by atoms with Crippen LogP contribution in [0.3, 0.4) is 0 Å². The second-order valence-corrected chi connectivity index (χ2v) is 5.46. The maximum atomic E-state index is 12.2. The van der Waals surface area contributed by atoms with Crippen LogP contribution in [0.4, 0.5) is 9.59 Å². The Labute approximate surface area is 125 Å². The van der Waals surface area contributed by atoms with Crippen molar-refractivity contribution < 1.29 is 14.4 Å². The average Bonchev–Trinajstić information content (AvgIpc) is 2.44. The zero-order valence-electron chi connectivity index (χ0n) is 11.1. The SMILES string of the molecule is CN1C(=O)NC(=O)C2C(c3cccc(Cl)c3)NC(=O)NC21. The molecule has 2 aliphatic rings. The van der Waals surface area contributed by atoms with Gasteiger partial charge in [-0.05, 0) is 17.7 Å². The Balaban J connectivity index is 2.01. The molecule has 2 saturated heterocycles. The van der Waals surface area contributed by atoms with E-state index in [9.17, 15) is 14.4 Å². The summed E-state index contributed by atoms with van der Waals surface area (Å²) in [6, 6.07) is 5.40. The van der Waals surface area contributed by atoms with Gasteiger partial charge in [-0.3, -0.25) is 10.1 Å². The van der Waals surface area contributed by atoms with Gasteiger partial charge in [0.1, 0.15) is 12.1 Å². The third-order valence-electron chi connectivity index (χ3n) is 3.74. The molecule has 3 N–H and O–H groups in total. The summed E-state index contributed by atoms with van der Waals surface area (Å²) < 4.78 is 0. The molecule has 0 spiro atoms. The Morgan fingerprint density at radius 3 is 2.67 bits per heavy atom. The molecule has 8 heteroatoms. The summed E-state index contributed by atoms with van der Waals surface area (Å²) in [5, 5.41) is 8.11. The Bertz CT molecular complexity index is 636. The van der Waals surface area contributed by atoms with Crippen molar-refractivity contribution in [2.45, 2.75) is 12.2 Å². The summed E-state index contributed by atoms with van der Waals surface area (Å²) in [7, 11) is 1.53. The number of urea groups is 2. The quantitative estimate of drug-likeness (QED) is 0.717. The largest absolute Gasteiger partial charge is 0.330 e. The highest BCUT2D eigenvalue weighted by molar-refractivity contribution is 6.30. The minimum absolute atomic E-state index is 0.430. The van der Waals surface area contributed by atoms with Gasteiger partial charge in [0.25, 0.3) is 0 Å². The molecular formula is C13H13ClN4O3. The zero-order valence-corrected chi connectivity index (χ0v) is 11.8. The highest BCUT2D eigenvalue weighted by Crippen LogP contribution is 2.32. The number of carbonyl (C=O) groups is 3. The van der Waals surface area contributed by atoms with Crippen molar-refractivity contribution in [2.75, 3.05) is 7.05 Å². The summed E-state index contributed by atoms with van der Waals surface area (Å²) in [6.45, 7) is 0. The van der Waals surface area contributed by atoms with E-state index in [1.807, 2.05) is 0 Å². The van der Waals surface area contributed by atoms with E-state index in [-0.39, 0.29) is 0 Å². The molecule has 21 heavy (non-hydrogen) atoms. The van der Waals surface area contributed by atoms with E-state index in [4.69, 9.17) is 11.6 Å². The number of halogens is 1. The van der Waals surface area contributed by atoms with Gasteiger partial charge in [0.2, 0.25) is 5.91 Å². The van der Waals surface area contributed by atoms with Crippen molar-refractivity contribution in [3.05, 3.63) is 34.9 Å². The van der Waals surface area contributed by atoms with E-state index in [0.717, 1.165) is 0 Å². The lowest BCUT2D eigenvalue weighted by atomic mass is 9.86. The molecule has 110 valence electrons. The van der Waals surface area contributed by atoms with Gasteiger partial charge < -0.3 is 15.5 Å². The molecule has 7 nitrogen and oxygen atoms in total. The number of benzene rings is 1. The van der Waals surface area contributed by atoms with Gasteiger partial charge >= 0.3 is 12.1 Å². The number of amides is 5. The third kappa shape index (κ3) is 2.29. The molecule has 1 aromatic rings. The summed E-state index contributed by atoms with van der Waals surface area (Å²) in [5.74, 6) is -1.07. The molecule has 3 unspecified atom stereocenters. The summed E-state index contributed by atoms with van der Waals surface area (Å²) >= 11 is 5.97. The minimum atomic E-state index is -0.691. The number of nitrogens with one attached hydrogen (secondary N) is 3. The molecule has 2 fully saturated rings. The second-order valence-electron chi connectivity index (χ2n) is 5.03. The number of carbonyl (C=O) groups excluding carboxylic acids is 3. The zero-order chi connectivity index (χ0) is 15.1. The average molecular weight is 309 g/mol. The Hall–Kier alpha value is -2.28. The molecule has 0 aliphatic carbocycles. The van der Waals surface area contributed by atoms with Crippen LogP contribution < -0.4 is 16.0 Å². The van der Waals surface area contributed by atoms with Gasteiger partial charge in [-0.25, -0.2) is 9.59 Å². The van der Waals surface area contributed by atoms with Crippen molar-refractivity contribution in [3.8, 4) is 0 Å². The first-order chi connectivity index (χ1) is 9.97. The summed E-state index contributed by atoms with van der Waals surface area (Å²) in [6.07, 6.45) is -0.691. The van der Waals surface area contributed by atoms with Crippen LogP contribution in [0.25, 0.3) is 0 Å². The molecule has 1 aromatic carbocycles. The van der Waals surface area contributed by atoms with Gasteiger partial charge in [0.15, 0.2) is 0 Å². The van der Waals surface area contributed by atoms with E-state index < -0.39 is 36.1 Å². The molecule has 3 atom stereocenters. The Morgan fingerprint density at radius 2 is 1.95 bits per heavy atom. The lowest BCUT2D eigenvalue weighted by molar-refractivity contribution is -0.130. The van der Waals surface area contributed by atoms with Crippen LogP contribution in [0.5, 0.6) is 0 Å². The predicted molar refractivity (Wildman–Crippen MR) is 74.4 cm³/mol. The van der Waals surface area contributed by atoms with Crippen LogP contribution in [-0.4, -0.2) is 36.1 Å². The van der Waals surface area contributed by atoms with Gasteiger partial charge in [-0.15, -0.1) is 0 Å². The van der Waals surface area contributed by atoms with Crippen LogP contribution in [0, 0.1) is 5.92 Å². The lowest BCUT2D eigenvalue weighted by Crippen LogP contribution is -2.71. The molecule has 0 saturated carbocycles. The second kappa shape index (κ2) is 4.92. The number of nitrogens with zero attached hydrogens (tertiary/aromatic N) is 1. The number of rotatable bonds is 1. The molecule has 0 bridgehead atoms. The summed E-state index contributed by atoms with van der Waals surface area (Å²) in [5.41, 5.74) is 0.713. The third-order valence-corrected chi connectivity index (χ3v) is 3.98. The number of fused-ring (bicyclic) bond motifs is 1. The topological polar surface area (TPSA) is 90.5 Å². The van der Waals surface area contributed by atoms with Crippen molar-refractivity contribution in [1.29, 1.82) is 0 Å². The van der Waals surface area contributed by atoms with Gasteiger partial charge in [-0.2, -0.15) is 0 Å². The standard InChI is InChI=1S/C13H13ClN4O3/c1-18-10-8(11(19)17-13(18)21)9(15-12(20)16-10)6-3-2-4-7(14)5-6/h2-5,8-10H,1H3,(H2,15,16,20)(H,17,19,21). The fourth-order valence-electron chi connectivity index (χ4n) is 2.71. The van der Waals surface area contributed by atoms with Crippen LogP contribution >= 0.6 is 11.6 Å². The van der Waals surface area contributed by atoms with Gasteiger partial charge in [0.05, 0.1) is 6.04 Å². The molecule has 0 radical (unpaired) electrons. The van der Waals surface area contributed by atoms with Crippen molar-refractivity contribution in [3.63, 3.8) is 0 Å². The van der Waals surface area contributed by atoms with E-state index in [2.05, 4.69) is 16.0 Å². The smallest absolute Gasteiger partial charge is 0.325 e. The highest BCUT2D eigenvalue weighted by Gasteiger charge is 2.48. The maximum Gasteiger partial charge on any atom is 0.325 e.